The summed E-state index contributed by atoms with van der Waals surface area (Å²) in [7, 11) is 0. The number of nitrogens with one attached hydrogen (secondary N) is 1. The average molecular weight is 393 g/mol. The minimum atomic E-state index is -2.78. The van der Waals surface area contributed by atoms with Gasteiger partial charge >= 0.3 is 0 Å². The molecule has 0 unspecified atom stereocenters. The summed E-state index contributed by atoms with van der Waals surface area (Å²) in [6.45, 7) is 1.86. The van der Waals surface area contributed by atoms with Crippen LogP contribution < -0.4 is 5.32 Å². The van der Waals surface area contributed by atoms with Crippen LogP contribution in [0.15, 0.2) is 41.1 Å². The maximum absolute atomic E-state index is 12.7. The molecule has 2 aromatic heterocycles. The SMILES string of the molecule is Cc1c(Br)cccc1NC(=O)c1cnc2cnc(C(F)F)nc2c1. The smallest absolute Gasteiger partial charge is 0.297 e. The van der Waals surface area contributed by atoms with Crippen LogP contribution in [0.25, 0.3) is 11.0 Å². The van der Waals surface area contributed by atoms with E-state index in [0.29, 0.717) is 11.2 Å². The maximum Gasteiger partial charge on any atom is 0.297 e. The van der Waals surface area contributed by atoms with E-state index >= 15 is 0 Å². The molecule has 0 spiro atoms. The van der Waals surface area contributed by atoms with Crippen molar-refractivity contribution in [2.24, 2.45) is 0 Å². The first-order valence-electron chi connectivity index (χ1n) is 6.93. The minimum Gasteiger partial charge on any atom is -0.322 e. The summed E-state index contributed by atoms with van der Waals surface area (Å²) in [5.41, 5.74) is 2.28. The van der Waals surface area contributed by atoms with Crippen molar-refractivity contribution in [2.75, 3.05) is 5.32 Å². The first-order chi connectivity index (χ1) is 11.5. The van der Waals surface area contributed by atoms with E-state index in [9.17, 15) is 13.6 Å². The molecule has 3 rings (SSSR count). The fraction of sp³-hybridized carbons (Fsp3) is 0.125. The summed E-state index contributed by atoms with van der Waals surface area (Å²) in [6, 6.07) is 6.85. The Bertz CT molecular complexity index is 933. The Hall–Kier alpha value is -2.48. The maximum atomic E-state index is 12.7. The molecule has 0 fully saturated rings. The number of fused-ring (bicyclic) bond motifs is 1. The third-order valence-corrected chi connectivity index (χ3v) is 4.28. The molecule has 0 bridgehead atoms. The summed E-state index contributed by atoms with van der Waals surface area (Å²) in [5, 5.41) is 2.77. The molecule has 24 heavy (non-hydrogen) atoms. The Labute approximate surface area is 144 Å². The Kier molecular flexibility index (Phi) is 4.48. The Morgan fingerprint density at radius 3 is 2.75 bits per heavy atom. The molecule has 0 atom stereocenters. The van der Waals surface area contributed by atoms with Crippen molar-refractivity contribution in [3.8, 4) is 0 Å². The quantitative estimate of drug-likeness (QED) is 0.721. The zero-order valence-electron chi connectivity index (χ0n) is 12.4. The topological polar surface area (TPSA) is 67.8 Å². The number of alkyl halides is 2. The van der Waals surface area contributed by atoms with Crippen molar-refractivity contribution in [2.45, 2.75) is 13.3 Å². The van der Waals surface area contributed by atoms with Gasteiger partial charge in [0.05, 0.1) is 17.3 Å². The van der Waals surface area contributed by atoms with Gasteiger partial charge in [0.15, 0.2) is 5.82 Å². The first-order valence-corrected chi connectivity index (χ1v) is 7.72. The van der Waals surface area contributed by atoms with Crippen molar-refractivity contribution >= 4 is 38.6 Å². The lowest BCUT2D eigenvalue weighted by Crippen LogP contribution is -2.13. The van der Waals surface area contributed by atoms with E-state index in [-0.39, 0.29) is 11.1 Å². The van der Waals surface area contributed by atoms with Gasteiger partial charge in [0, 0.05) is 16.4 Å². The molecule has 3 aromatic rings. The van der Waals surface area contributed by atoms with Crippen LogP contribution in [0.1, 0.15) is 28.2 Å². The number of halogens is 3. The van der Waals surface area contributed by atoms with Crippen molar-refractivity contribution in [1.29, 1.82) is 0 Å². The summed E-state index contributed by atoms with van der Waals surface area (Å²) in [6.07, 6.45) is -0.211. The Morgan fingerprint density at radius 2 is 2.00 bits per heavy atom. The summed E-state index contributed by atoms with van der Waals surface area (Å²) < 4.78 is 26.3. The molecule has 0 aliphatic carbocycles. The molecule has 0 radical (unpaired) electrons. The number of carbonyl (C=O) groups excluding carboxylic acids is 1. The highest BCUT2D eigenvalue weighted by atomic mass is 79.9. The second-order valence-electron chi connectivity index (χ2n) is 5.02. The molecular formula is C16H11BrF2N4O. The molecular weight excluding hydrogens is 382 g/mol. The fourth-order valence-electron chi connectivity index (χ4n) is 2.10. The molecule has 0 saturated carbocycles. The van der Waals surface area contributed by atoms with Gasteiger partial charge in [-0.3, -0.25) is 9.78 Å². The molecule has 1 amide bonds. The van der Waals surface area contributed by atoms with Crippen molar-refractivity contribution in [3.63, 3.8) is 0 Å². The van der Waals surface area contributed by atoms with E-state index in [0.717, 1.165) is 10.0 Å². The molecule has 8 heteroatoms. The van der Waals surface area contributed by atoms with Crippen LogP contribution in [-0.4, -0.2) is 20.9 Å². The van der Waals surface area contributed by atoms with E-state index in [4.69, 9.17) is 0 Å². The highest BCUT2D eigenvalue weighted by Gasteiger charge is 2.14. The van der Waals surface area contributed by atoms with Crippen LogP contribution in [0.4, 0.5) is 14.5 Å². The number of benzene rings is 1. The number of hydrogen-bond donors (Lipinski definition) is 1. The molecule has 2 heterocycles. The summed E-state index contributed by atoms with van der Waals surface area (Å²) in [4.78, 5) is 23.7. The normalized spacial score (nSPS) is 11.0. The third-order valence-electron chi connectivity index (χ3n) is 3.42. The molecule has 122 valence electrons. The summed E-state index contributed by atoms with van der Waals surface area (Å²) >= 11 is 3.39. The van der Waals surface area contributed by atoms with Gasteiger partial charge in [-0.2, -0.15) is 0 Å². The molecule has 1 aromatic carbocycles. The Balaban J connectivity index is 1.93. The van der Waals surface area contributed by atoms with Crippen LogP contribution in [-0.2, 0) is 0 Å². The van der Waals surface area contributed by atoms with Crippen LogP contribution in [0, 0.1) is 6.92 Å². The predicted molar refractivity (Wildman–Crippen MR) is 89.1 cm³/mol. The van der Waals surface area contributed by atoms with Gasteiger partial charge < -0.3 is 5.32 Å². The number of amides is 1. The van der Waals surface area contributed by atoms with E-state index in [2.05, 4.69) is 36.2 Å². The van der Waals surface area contributed by atoms with Gasteiger partial charge in [-0.1, -0.05) is 22.0 Å². The average Bonchev–Trinajstić information content (AvgIpc) is 2.57. The lowest BCUT2D eigenvalue weighted by molar-refractivity contribution is 0.102. The van der Waals surface area contributed by atoms with E-state index < -0.39 is 18.2 Å². The molecule has 5 nitrogen and oxygen atoms in total. The monoisotopic (exact) mass is 392 g/mol. The molecule has 1 N–H and O–H groups in total. The largest absolute Gasteiger partial charge is 0.322 e. The Morgan fingerprint density at radius 1 is 1.21 bits per heavy atom. The number of pyridine rings is 1. The third kappa shape index (κ3) is 3.23. The van der Waals surface area contributed by atoms with Crippen molar-refractivity contribution in [1.82, 2.24) is 15.0 Å². The number of rotatable bonds is 3. The summed E-state index contributed by atoms with van der Waals surface area (Å²) in [5.74, 6) is -0.993. The number of hydrogen-bond acceptors (Lipinski definition) is 4. The van der Waals surface area contributed by atoms with Gasteiger partial charge in [0.1, 0.15) is 5.52 Å². The van der Waals surface area contributed by atoms with Crippen molar-refractivity contribution < 1.29 is 13.6 Å². The van der Waals surface area contributed by atoms with Gasteiger partial charge in [-0.15, -0.1) is 0 Å². The van der Waals surface area contributed by atoms with Gasteiger partial charge in [-0.05, 0) is 30.7 Å². The number of carbonyl (C=O) groups is 1. The zero-order valence-corrected chi connectivity index (χ0v) is 14.0. The van der Waals surface area contributed by atoms with Gasteiger partial charge in [0.2, 0.25) is 0 Å². The number of aromatic nitrogens is 3. The number of anilines is 1. The predicted octanol–water partition coefficient (Wildman–Crippen LogP) is 4.29. The van der Waals surface area contributed by atoms with E-state index in [1.807, 2.05) is 13.0 Å². The minimum absolute atomic E-state index is 0.193. The van der Waals surface area contributed by atoms with Crippen LogP contribution in [0.3, 0.4) is 0 Å². The molecule has 0 aliphatic heterocycles. The second-order valence-corrected chi connectivity index (χ2v) is 5.88. The lowest BCUT2D eigenvalue weighted by atomic mass is 10.2. The van der Waals surface area contributed by atoms with E-state index in [1.165, 1.54) is 18.5 Å². The molecule has 0 saturated heterocycles. The lowest BCUT2D eigenvalue weighted by Gasteiger charge is -2.10. The standard InChI is InChI=1S/C16H11BrF2N4O/c1-8-10(17)3-2-4-11(8)23-16(24)9-5-12-13(20-6-9)7-21-15(22-12)14(18)19/h2-7,14H,1H3,(H,23,24). The first kappa shape index (κ1) is 16.4. The van der Waals surface area contributed by atoms with E-state index in [1.54, 1.807) is 12.1 Å². The van der Waals surface area contributed by atoms with Crippen LogP contribution >= 0.6 is 15.9 Å². The van der Waals surface area contributed by atoms with Gasteiger partial charge in [-0.25, -0.2) is 18.7 Å². The molecule has 0 aliphatic rings. The highest BCUT2D eigenvalue weighted by Crippen LogP contribution is 2.24. The van der Waals surface area contributed by atoms with Crippen LogP contribution in [0.5, 0.6) is 0 Å². The fourth-order valence-corrected chi connectivity index (χ4v) is 2.47. The van der Waals surface area contributed by atoms with Crippen LogP contribution in [0.2, 0.25) is 0 Å². The zero-order chi connectivity index (χ0) is 17.3. The number of nitrogens with zero attached hydrogens (tertiary/aromatic N) is 3. The second kappa shape index (κ2) is 6.56. The van der Waals surface area contributed by atoms with Gasteiger partial charge in [0.25, 0.3) is 12.3 Å². The van der Waals surface area contributed by atoms with Crippen molar-refractivity contribution in [3.05, 3.63) is 58.1 Å². The highest BCUT2D eigenvalue weighted by molar-refractivity contribution is 9.10.